The third-order valence-electron chi connectivity index (χ3n) is 2.96. The van der Waals surface area contributed by atoms with Gasteiger partial charge in [0, 0.05) is 13.3 Å². The second-order valence-electron chi connectivity index (χ2n) is 4.79. The van der Waals surface area contributed by atoms with E-state index >= 15 is 0 Å². The fourth-order valence-electron chi connectivity index (χ4n) is 1.92. The van der Waals surface area contributed by atoms with Crippen LogP contribution in [-0.2, 0) is 19.6 Å². The third-order valence-corrected chi connectivity index (χ3v) is 3.85. The molecule has 0 aromatic carbocycles. The molecule has 0 saturated carbocycles. The highest BCUT2D eigenvalue weighted by Crippen LogP contribution is 2.19. The summed E-state index contributed by atoms with van der Waals surface area (Å²) in [6, 6.07) is 0. The van der Waals surface area contributed by atoms with Gasteiger partial charge in [-0.15, -0.1) is 0 Å². The van der Waals surface area contributed by atoms with Gasteiger partial charge in [0.2, 0.25) is 0 Å². The van der Waals surface area contributed by atoms with Gasteiger partial charge in [0.15, 0.2) is 0 Å². The van der Waals surface area contributed by atoms with Crippen LogP contribution in [0.2, 0.25) is 0 Å². The molecule has 0 heterocycles. The Hall–Kier alpha value is -0.660. The highest BCUT2D eigenvalue weighted by molar-refractivity contribution is 7.85. The second-order valence-corrected chi connectivity index (χ2v) is 6.28. The van der Waals surface area contributed by atoms with Crippen molar-refractivity contribution >= 4 is 16.1 Å². The number of hydrogen-bond donors (Lipinski definition) is 2. The molecule has 0 aliphatic rings. The van der Waals surface area contributed by atoms with Gasteiger partial charge < -0.3 is 9.84 Å². The van der Waals surface area contributed by atoms with Crippen LogP contribution >= 0.6 is 0 Å². The van der Waals surface area contributed by atoms with Gasteiger partial charge in [-0.1, -0.05) is 20.3 Å². The van der Waals surface area contributed by atoms with Crippen molar-refractivity contribution in [2.75, 3.05) is 5.75 Å². The standard InChI is InChI=1S/C12H24O6S/c1-4-10(8-19(15,16)17)6-12(18-9(3)13)7-11(14)5-2/h10-12,14H,4-8H2,1-3H3,(H,15,16,17). The minimum absolute atomic E-state index is 0.276. The Balaban J connectivity index is 4.62. The van der Waals surface area contributed by atoms with Crippen LogP contribution in [-0.4, -0.2) is 42.0 Å². The first-order chi connectivity index (χ1) is 8.67. The van der Waals surface area contributed by atoms with Crippen molar-refractivity contribution in [1.29, 1.82) is 0 Å². The van der Waals surface area contributed by atoms with Gasteiger partial charge in [0.1, 0.15) is 6.10 Å². The molecule has 6 nitrogen and oxygen atoms in total. The predicted octanol–water partition coefficient (Wildman–Crippen LogP) is 1.38. The van der Waals surface area contributed by atoms with E-state index in [1.54, 1.807) is 6.92 Å². The van der Waals surface area contributed by atoms with Crippen molar-refractivity contribution in [3.05, 3.63) is 0 Å². The number of rotatable bonds is 9. The molecule has 19 heavy (non-hydrogen) atoms. The van der Waals surface area contributed by atoms with Crippen LogP contribution in [0.4, 0.5) is 0 Å². The van der Waals surface area contributed by atoms with E-state index in [0.717, 1.165) is 0 Å². The number of esters is 1. The van der Waals surface area contributed by atoms with E-state index in [9.17, 15) is 18.3 Å². The molecule has 7 heteroatoms. The first-order valence-electron chi connectivity index (χ1n) is 6.48. The Bertz CT molecular complexity index is 364. The lowest BCUT2D eigenvalue weighted by Gasteiger charge is -2.23. The van der Waals surface area contributed by atoms with Crippen molar-refractivity contribution in [3.8, 4) is 0 Å². The van der Waals surface area contributed by atoms with E-state index in [-0.39, 0.29) is 18.1 Å². The maximum atomic E-state index is 11.0. The Morgan fingerprint density at radius 3 is 2.16 bits per heavy atom. The minimum Gasteiger partial charge on any atom is -0.462 e. The zero-order valence-corrected chi connectivity index (χ0v) is 12.5. The maximum Gasteiger partial charge on any atom is 0.302 e. The van der Waals surface area contributed by atoms with Gasteiger partial charge >= 0.3 is 5.97 Å². The average molecular weight is 296 g/mol. The van der Waals surface area contributed by atoms with E-state index in [4.69, 9.17) is 9.29 Å². The average Bonchev–Trinajstić information content (AvgIpc) is 2.25. The molecule has 3 unspecified atom stereocenters. The van der Waals surface area contributed by atoms with E-state index in [2.05, 4.69) is 0 Å². The minimum atomic E-state index is -4.05. The molecule has 0 bridgehead atoms. The molecule has 0 saturated heterocycles. The molecule has 0 amide bonds. The molecular weight excluding hydrogens is 272 g/mol. The van der Waals surface area contributed by atoms with Crippen molar-refractivity contribution in [3.63, 3.8) is 0 Å². The number of carbonyl (C=O) groups is 1. The highest BCUT2D eigenvalue weighted by atomic mass is 32.2. The first kappa shape index (κ1) is 18.3. The first-order valence-corrected chi connectivity index (χ1v) is 8.09. The van der Waals surface area contributed by atoms with E-state index in [1.165, 1.54) is 6.92 Å². The molecular formula is C12H24O6S. The lowest BCUT2D eigenvalue weighted by atomic mass is 9.96. The molecule has 0 radical (unpaired) electrons. The molecule has 0 fully saturated rings. The summed E-state index contributed by atoms with van der Waals surface area (Å²) in [7, 11) is -4.05. The number of hydrogen-bond acceptors (Lipinski definition) is 5. The van der Waals surface area contributed by atoms with Gasteiger partial charge in [-0.05, 0) is 18.8 Å². The van der Waals surface area contributed by atoms with Crippen LogP contribution < -0.4 is 0 Å². The number of carbonyl (C=O) groups excluding carboxylic acids is 1. The number of aliphatic hydroxyl groups is 1. The maximum absolute atomic E-state index is 11.0. The Morgan fingerprint density at radius 1 is 1.21 bits per heavy atom. The summed E-state index contributed by atoms with van der Waals surface area (Å²) in [6.07, 6.45) is 0.546. The molecule has 0 aliphatic heterocycles. The van der Waals surface area contributed by atoms with Crippen LogP contribution in [0.1, 0.15) is 46.5 Å². The van der Waals surface area contributed by atoms with Gasteiger partial charge in [0.05, 0.1) is 11.9 Å². The van der Waals surface area contributed by atoms with Crippen LogP contribution in [0.3, 0.4) is 0 Å². The molecule has 114 valence electrons. The zero-order chi connectivity index (χ0) is 15.1. The molecule has 3 atom stereocenters. The van der Waals surface area contributed by atoms with E-state index in [0.29, 0.717) is 19.3 Å². The molecule has 2 N–H and O–H groups in total. The van der Waals surface area contributed by atoms with E-state index < -0.39 is 28.3 Å². The van der Waals surface area contributed by atoms with Gasteiger partial charge in [-0.3, -0.25) is 9.35 Å². The summed E-state index contributed by atoms with van der Waals surface area (Å²) in [5, 5.41) is 9.60. The fourth-order valence-corrected chi connectivity index (χ4v) is 2.89. The summed E-state index contributed by atoms with van der Waals surface area (Å²) in [4.78, 5) is 11.0. The SMILES string of the molecule is CCC(O)CC(CC(CC)CS(=O)(=O)O)OC(C)=O. The third kappa shape index (κ3) is 9.86. The number of ether oxygens (including phenoxy) is 1. The molecule has 0 aliphatic carbocycles. The van der Waals surface area contributed by atoms with Crippen molar-refractivity contribution in [1.82, 2.24) is 0 Å². The molecule has 0 rings (SSSR count). The quantitative estimate of drug-likeness (QED) is 0.492. The number of aliphatic hydroxyl groups excluding tert-OH is 1. The van der Waals surface area contributed by atoms with Crippen LogP contribution in [0.15, 0.2) is 0 Å². The lowest BCUT2D eigenvalue weighted by molar-refractivity contribution is -0.148. The van der Waals surface area contributed by atoms with E-state index in [1.807, 2.05) is 6.92 Å². The monoisotopic (exact) mass is 296 g/mol. The molecule has 0 aromatic heterocycles. The normalized spacial score (nSPS) is 16.7. The van der Waals surface area contributed by atoms with Gasteiger partial charge in [-0.2, -0.15) is 8.42 Å². The van der Waals surface area contributed by atoms with Crippen molar-refractivity contribution < 1.29 is 27.6 Å². The Labute approximate surface area is 114 Å². The van der Waals surface area contributed by atoms with Gasteiger partial charge in [-0.25, -0.2) is 0 Å². The Morgan fingerprint density at radius 2 is 1.79 bits per heavy atom. The van der Waals surface area contributed by atoms with Crippen LogP contribution in [0.5, 0.6) is 0 Å². The summed E-state index contributed by atoms with van der Waals surface area (Å²) < 4.78 is 35.7. The van der Waals surface area contributed by atoms with Crippen molar-refractivity contribution in [2.45, 2.75) is 58.7 Å². The molecule has 0 spiro atoms. The summed E-state index contributed by atoms with van der Waals surface area (Å²) >= 11 is 0. The second kappa shape index (κ2) is 8.50. The largest absolute Gasteiger partial charge is 0.462 e. The van der Waals surface area contributed by atoms with Crippen molar-refractivity contribution in [2.24, 2.45) is 5.92 Å². The lowest BCUT2D eigenvalue weighted by Crippen LogP contribution is -2.27. The van der Waals surface area contributed by atoms with Crippen LogP contribution in [0, 0.1) is 5.92 Å². The predicted molar refractivity (Wildman–Crippen MR) is 71.3 cm³/mol. The smallest absolute Gasteiger partial charge is 0.302 e. The topological polar surface area (TPSA) is 101 Å². The van der Waals surface area contributed by atoms with Gasteiger partial charge in [0.25, 0.3) is 10.1 Å². The molecule has 0 aromatic rings. The zero-order valence-electron chi connectivity index (χ0n) is 11.7. The summed E-state index contributed by atoms with van der Waals surface area (Å²) in [6.45, 7) is 4.89. The highest BCUT2D eigenvalue weighted by Gasteiger charge is 2.23. The summed E-state index contributed by atoms with van der Waals surface area (Å²) in [5.74, 6) is -1.12. The fraction of sp³-hybridized carbons (Fsp3) is 0.917. The summed E-state index contributed by atoms with van der Waals surface area (Å²) in [5.41, 5.74) is 0. The van der Waals surface area contributed by atoms with Crippen LogP contribution in [0.25, 0.3) is 0 Å². The Kier molecular flexibility index (Phi) is 8.20.